The van der Waals surface area contributed by atoms with Gasteiger partial charge in [-0.2, -0.15) is 20.2 Å². The maximum Gasteiger partial charge on any atom is 0.234 e. The second-order valence-electron chi connectivity index (χ2n) is 5.34. The van der Waals surface area contributed by atoms with Crippen LogP contribution < -0.4 is 16.8 Å². The molecule has 2 rings (SSSR count). The lowest BCUT2D eigenvalue weighted by molar-refractivity contribution is -0.121. The summed E-state index contributed by atoms with van der Waals surface area (Å²) in [5, 5.41) is 12.1. The normalized spacial score (nSPS) is 18.2. The highest BCUT2D eigenvalue weighted by Gasteiger charge is 2.35. The molecule has 0 saturated heterocycles. The smallest absolute Gasteiger partial charge is 0.234 e. The third kappa shape index (κ3) is 3.98. The average molecular weight is 321 g/mol. The van der Waals surface area contributed by atoms with Gasteiger partial charge in [-0.05, 0) is 19.8 Å². The Morgan fingerprint density at radius 2 is 1.86 bits per heavy atom. The summed E-state index contributed by atoms with van der Waals surface area (Å²) in [4.78, 5) is 23.9. The van der Waals surface area contributed by atoms with E-state index in [0.29, 0.717) is 18.0 Å². The minimum atomic E-state index is -0.749. The molecule has 1 unspecified atom stereocenters. The van der Waals surface area contributed by atoms with E-state index in [1.165, 1.54) is 0 Å². The number of carbonyl (C=O) groups is 1. The van der Waals surface area contributed by atoms with Gasteiger partial charge in [-0.25, -0.2) is 0 Å². The van der Waals surface area contributed by atoms with Crippen LogP contribution in [-0.2, 0) is 4.79 Å². The van der Waals surface area contributed by atoms with Crippen LogP contribution in [0.5, 0.6) is 0 Å². The number of hydrogen-bond acceptors (Lipinski definition) is 8. The van der Waals surface area contributed by atoms with Gasteiger partial charge >= 0.3 is 0 Å². The molecule has 1 aromatic heterocycles. The number of hydrogen-bond donors (Lipinski definition) is 3. The van der Waals surface area contributed by atoms with Crippen molar-refractivity contribution in [3.63, 3.8) is 0 Å². The van der Waals surface area contributed by atoms with Crippen LogP contribution in [0.2, 0.25) is 0 Å². The number of rotatable bonds is 4. The maximum atomic E-state index is 12.3. The van der Waals surface area contributed by atoms with E-state index >= 15 is 0 Å². The molecule has 0 aliphatic heterocycles. The molecule has 1 saturated carbocycles. The zero-order valence-corrected chi connectivity index (χ0v) is 13.2. The number of anilines is 2. The van der Waals surface area contributed by atoms with Crippen LogP contribution in [0.3, 0.4) is 0 Å². The molecule has 118 valence electrons. The highest BCUT2D eigenvalue weighted by molar-refractivity contribution is 8.00. The molecule has 1 heterocycles. The van der Waals surface area contributed by atoms with Crippen molar-refractivity contribution < 1.29 is 4.79 Å². The lowest BCUT2D eigenvalue weighted by atomic mass is 9.83. The molecule has 0 radical (unpaired) electrons. The Bertz CT molecular complexity index is 574. The van der Waals surface area contributed by atoms with E-state index in [2.05, 4.69) is 26.3 Å². The fourth-order valence-corrected chi connectivity index (χ4v) is 3.18. The Morgan fingerprint density at radius 1 is 1.27 bits per heavy atom. The summed E-state index contributed by atoms with van der Waals surface area (Å²) in [6, 6.07) is 2.26. The van der Waals surface area contributed by atoms with Gasteiger partial charge < -0.3 is 16.8 Å². The zero-order chi connectivity index (χ0) is 16.2. The summed E-state index contributed by atoms with van der Waals surface area (Å²) in [7, 11) is 0. The van der Waals surface area contributed by atoms with Crippen molar-refractivity contribution in [1.29, 1.82) is 5.26 Å². The quantitative estimate of drug-likeness (QED) is 0.692. The van der Waals surface area contributed by atoms with E-state index in [1.54, 1.807) is 6.92 Å². The largest absolute Gasteiger partial charge is 0.368 e. The number of nitrogens with one attached hydrogen (secondary N) is 1. The molecule has 1 aliphatic carbocycles. The van der Waals surface area contributed by atoms with Crippen LogP contribution in [0.1, 0.15) is 39.0 Å². The predicted molar refractivity (Wildman–Crippen MR) is 83.5 cm³/mol. The van der Waals surface area contributed by atoms with Crippen LogP contribution in [0, 0.1) is 11.3 Å². The lowest BCUT2D eigenvalue weighted by Crippen LogP contribution is -2.50. The molecule has 0 spiro atoms. The molecular formula is C13H19N7OS. The summed E-state index contributed by atoms with van der Waals surface area (Å²) in [6.45, 7) is 1.73. The number of nitriles is 1. The fourth-order valence-electron chi connectivity index (χ4n) is 2.41. The van der Waals surface area contributed by atoms with Gasteiger partial charge in [-0.3, -0.25) is 4.79 Å². The number of nitrogens with zero attached hydrogens (tertiary/aromatic N) is 4. The summed E-state index contributed by atoms with van der Waals surface area (Å²) < 4.78 is 0. The number of aromatic nitrogens is 3. The third-order valence-electron chi connectivity index (χ3n) is 3.58. The van der Waals surface area contributed by atoms with Crippen LogP contribution in [-0.4, -0.2) is 31.6 Å². The standard InChI is InChI=1S/C13H19N7OS/c1-8(22-12-18-10(15)17-11(16)19-12)9(21)20-13(7-14)5-3-2-4-6-13/h8H,2-6H2,1H3,(H,20,21)(H4,15,16,17,18,19). The first-order valence-corrected chi connectivity index (χ1v) is 7.99. The monoisotopic (exact) mass is 321 g/mol. The molecule has 1 atom stereocenters. The van der Waals surface area contributed by atoms with Crippen LogP contribution in [0.15, 0.2) is 5.16 Å². The molecule has 1 fully saturated rings. The molecule has 0 bridgehead atoms. The van der Waals surface area contributed by atoms with E-state index in [0.717, 1.165) is 31.0 Å². The van der Waals surface area contributed by atoms with Crippen molar-refractivity contribution >= 4 is 29.6 Å². The number of nitrogen functional groups attached to an aromatic ring is 2. The Hall–Kier alpha value is -2.08. The third-order valence-corrected chi connectivity index (χ3v) is 4.55. The molecule has 0 aromatic carbocycles. The summed E-state index contributed by atoms with van der Waals surface area (Å²) in [5.41, 5.74) is 10.3. The molecule has 9 heteroatoms. The van der Waals surface area contributed by atoms with Crippen molar-refractivity contribution in [2.75, 3.05) is 11.5 Å². The molecule has 1 aliphatic rings. The maximum absolute atomic E-state index is 12.3. The summed E-state index contributed by atoms with van der Waals surface area (Å²) in [6.07, 6.45) is 4.40. The van der Waals surface area contributed by atoms with Gasteiger partial charge in [0.25, 0.3) is 0 Å². The first-order chi connectivity index (χ1) is 10.4. The van der Waals surface area contributed by atoms with Crippen LogP contribution in [0.4, 0.5) is 11.9 Å². The Labute approximate surface area is 133 Å². The molecule has 8 nitrogen and oxygen atoms in total. The minimum Gasteiger partial charge on any atom is -0.368 e. The Kier molecular flexibility index (Phi) is 5.03. The molecule has 1 amide bonds. The highest BCUT2D eigenvalue weighted by atomic mass is 32.2. The average Bonchev–Trinajstić information content (AvgIpc) is 2.47. The van der Waals surface area contributed by atoms with E-state index in [1.807, 2.05) is 0 Å². The van der Waals surface area contributed by atoms with Gasteiger partial charge in [-0.1, -0.05) is 31.0 Å². The van der Waals surface area contributed by atoms with Gasteiger partial charge in [0.15, 0.2) is 5.16 Å². The molecule has 1 aromatic rings. The molecule has 5 N–H and O–H groups in total. The predicted octanol–water partition coefficient (Wildman–Crippen LogP) is 0.859. The van der Waals surface area contributed by atoms with E-state index in [-0.39, 0.29) is 17.8 Å². The van der Waals surface area contributed by atoms with E-state index in [9.17, 15) is 10.1 Å². The van der Waals surface area contributed by atoms with Crippen molar-refractivity contribution in [2.24, 2.45) is 0 Å². The van der Waals surface area contributed by atoms with E-state index < -0.39 is 10.8 Å². The number of nitrogens with two attached hydrogens (primary N) is 2. The van der Waals surface area contributed by atoms with Gasteiger partial charge in [0.2, 0.25) is 17.8 Å². The first-order valence-electron chi connectivity index (χ1n) is 7.11. The second kappa shape index (κ2) is 6.79. The van der Waals surface area contributed by atoms with Crippen molar-refractivity contribution in [3.05, 3.63) is 0 Å². The van der Waals surface area contributed by atoms with Crippen LogP contribution >= 0.6 is 11.8 Å². The topological polar surface area (TPSA) is 144 Å². The zero-order valence-electron chi connectivity index (χ0n) is 12.4. The second-order valence-corrected chi connectivity index (χ2v) is 6.65. The lowest BCUT2D eigenvalue weighted by Gasteiger charge is -2.32. The van der Waals surface area contributed by atoms with Gasteiger partial charge in [0.1, 0.15) is 5.54 Å². The van der Waals surface area contributed by atoms with Gasteiger partial charge in [0, 0.05) is 0 Å². The number of amides is 1. The molecular weight excluding hydrogens is 302 g/mol. The minimum absolute atomic E-state index is 0.0170. The van der Waals surface area contributed by atoms with Crippen molar-refractivity contribution in [2.45, 2.75) is 55.0 Å². The summed E-state index contributed by atoms with van der Waals surface area (Å²) in [5.74, 6) is -0.183. The number of thioether (sulfide) groups is 1. The van der Waals surface area contributed by atoms with Gasteiger partial charge in [0.05, 0.1) is 11.3 Å². The number of carbonyl (C=O) groups excluding carboxylic acids is 1. The van der Waals surface area contributed by atoms with E-state index in [4.69, 9.17) is 11.5 Å². The van der Waals surface area contributed by atoms with Gasteiger partial charge in [-0.15, -0.1) is 0 Å². The summed E-state index contributed by atoms with van der Waals surface area (Å²) >= 11 is 1.13. The van der Waals surface area contributed by atoms with Crippen LogP contribution in [0.25, 0.3) is 0 Å². The first kappa shape index (κ1) is 16.3. The fraction of sp³-hybridized carbons (Fsp3) is 0.615. The SMILES string of the molecule is CC(Sc1nc(N)nc(N)n1)C(=O)NC1(C#N)CCCCC1. The van der Waals surface area contributed by atoms with Crippen molar-refractivity contribution in [3.8, 4) is 6.07 Å². The molecule has 22 heavy (non-hydrogen) atoms. The van der Waals surface area contributed by atoms with Crippen molar-refractivity contribution in [1.82, 2.24) is 20.3 Å². The Morgan fingerprint density at radius 3 is 2.41 bits per heavy atom. The Balaban J connectivity index is 2.01. The highest BCUT2D eigenvalue weighted by Crippen LogP contribution is 2.29.